The molecule has 0 N–H and O–H groups in total. The summed E-state index contributed by atoms with van der Waals surface area (Å²) in [4.78, 5) is 18.3. The van der Waals surface area contributed by atoms with Crippen molar-refractivity contribution in [3.05, 3.63) is 47.7 Å². The third kappa shape index (κ3) is 4.29. The highest BCUT2D eigenvalue weighted by atomic mass is 15.2. The maximum atomic E-state index is 4.60. The van der Waals surface area contributed by atoms with E-state index in [4.69, 9.17) is 0 Å². The molecule has 3 rings (SSSR count). The zero-order chi connectivity index (χ0) is 16.9. The van der Waals surface area contributed by atoms with Crippen LogP contribution >= 0.6 is 0 Å². The molecule has 0 atom stereocenters. The van der Waals surface area contributed by atoms with Crippen molar-refractivity contribution in [3.8, 4) is 0 Å². The fourth-order valence-corrected chi connectivity index (χ4v) is 3.41. The van der Waals surface area contributed by atoms with Gasteiger partial charge in [0.15, 0.2) is 0 Å². The second kappa shape index (κ2) is 7.71. The van der Waals surface area contributed by atoms with Gasteiger partial charge < -0.3 is 9.80 Å². The van der Waals surface area contributed by atoms with E-state index >= 15 is 0 Å². The summed E-state index contributed by atoms with van der Waals surface area (Å²) >= 11 is 0. The lowest BCUT2D eigenvalue weighted by Crippen LogP contribution is -2.44. The number of nitrogens with zero attached hydrogens (tertiary/aromatic N) is 5. The lowest BCUT2D eigenvalue weighted by atomic mass is 10.0. The van der Waals surface area contributed by atoms with Crippen LogP contribution in [0.2, 0.25) is 0 Å². The van der Waals surface area contributed by atoms with Crippen LogP contribution in [0.5, 0.6) is 0 Å². The van der Waals surface area contributed by atoms with Crippen LogP contribution in [0.1, 0.15) is 30.1 Å². The van der Waals surface area contributed by atoms with E-state index < -0.39 is 0 Å². The summed E-state index contributed by atoms with van der Waals surface area (Å²) in [5, 5.41) is 0. The van der Waals surface area contributed by atoms with Crippen molar-refractivity contribution in [1.29, 1.82) is 0 Å². The number of hydrogen-bond donors (Lipinski definition) is 0. The van der Waals surface area contributed by atoms with E-state index in [1.165, 1.54) is 18.5 Å². The molecule has 0 bridgehead atoms. The van der Waals surface area contributed by atoms with Gasteiger partial charge in [-0.3, -0.25) is 4.98 Å². The van der Waals surface area contributed by atoms with Crippen molar-refractivity contribution in [2.24, 2.45) is 0 Å². The molecule has 1 fully saturated rings. The van der Waals surface area contributed by atoms with Gasteiger partial charge >= 0.3 is 0 Å². The number of aromatic nitrogens is 3. The van der Waals surface area contributed by atoms with Crippen LogP contribution in [-0.2, 0) is 6.42 Å². The Kier molecular flexibility index (Phi) is 5.41. The van der Waals surface area contributed by atoms with Crippen molar-refractivity contribution in [1.82, 2.24) is 19.9 Å². The average Bonchev–Trinajstić information content (AvgIpc) is 2.60. The number of pyridine rings is 1. The Morgan fingerprint density at radius 3 is 2.62 bits per heavy atom. The lowest BCUT2D eigenvalue weighted by molar-refractivity contribution is 0.212. The first-order valence-electron chi connectivity index (χ1n) is 8.79. The molecule has 0 radical (unpaired) electrons. The Morgan fingerprint density at radius 2 is 1.96 bits per heavy atom. The Labute approximate surface area is 144 Å². The van der Waals surface area contributed by atoms with Crippen LogP contribution < -0.4 is 4.90 Å². The van der Waals surface area contributed by atoms with Crippen LogP contribution in [-0.4, -0.2) is 52.6 Å². The molecule has 2 aromatic heterocycles. The summed E-state index contributed by atoms with van der Waals surface area (Å²) in [5.74, 6) is 1.90. The predicted octanol–water partition coefficient (Wildman–Crippen LogP) is 2.63. The van der Waals surface area contributed by atoms with Crippen molar-refractivity contribution < 1.29 is 0 Å². The third-order valence-corrected chi connectivity index (χ3v) is 4.83. The Hall–Kier alpha value is -2.01. The number of rotatable bonds is 5. The van der Waals surface area contributed by atoms with Gasteiger partial charge in [0.1, 0.15) is 11.6 Å². The van der Waals surface area contributed by atoms with Crippen LogP contribution in [0.25, 0.3) is 0 Å². The van der Waals surface area contributed by atoms with E-state index in [1.807, 2.05) is 26.1 Å². The summed E-state index contributed by atoms with van der Waals surface area (Å²) in [6, 6.07) is 8.79. The molecule has 0 aromatic carbocycles. The second-order valence-corrected chi connectivity index (χ2v) is 6.67. The molecule has 2 aromatic rings. The van der Waals surface area contributed by atoms with Crippen LogP contribution in [0.15, 0.2) is 30.5 Å². The van der Waals surface area contributed by atoms with Gasteiger partial charge in [-0.25, -0.2) is 9.97 Å². The van der Waals surface area contributed by atoms with E-state index in [0.717, 1.165) is 43.4 Å². The first-order chi connectivity index (χ1) is 11.6. The number of aryl methyl sites for hydroxylation is 2. The standard InChI is InChI=1S/C19H27N5/c1-15-14-19(22-16(2)21-15)23(3)18-8-12-24(13-9-18)11-7-17-6-4-5-10-20-17/h4-6,10,14,18H,7-9,11-13H2,1-3H3. The summed E-state index contributed by atoms with van der Waals surface area (Å²) in [6.45, 7) is 7.38. The average molecular weight is 325 g/mol. The zero-order valence-corrected chi connectivity index (χ0v) is 14.9. The number of likely N-dealkylation sites (tertiary alicyclic amines) is 1. The first-order valence-corrected chi connectivity index (χ1v) is 8.79. The highest BCUT2D eigenvalue weighted by Gasteiger charge is 2.23. The third-order valence-electron chi connectivity index (χ3n) is 4.83. The molecule has 1 saturated heterocycles. The van der Waals surface area contributed by atoms with E-state index in [9.17, 15) is 0 Å². The van der Waals surface area contributed by atoms with Crippen LogP contribution in [0.4, 0.5) is 5.82 Å². The molecule has 0 unspecified atom stereocenters. The van der Waals surface area contributed by atoms with Crippen molar-refractivity contribution in [2.45, 2.75) is 39.2 Å². The summed E-state index contributed by atoms with van der Waals surface area (Å²) in [6.07, 6.45) is 5.27. The van der Waals surface area contributed by atoms with Crippen molar-refractivity contribution in [2.75, 3.05) is 31.6 Å². The Morgan fingerprint density at radius 1 is 1.17 bits per heavy atom. The zero-order valence-electron chi connectivity index (χ0n) is 14.9. The monoisotopic (exact) mass is 325 g/mol. The maximum absolute atomic E-state index is 4.60. The van der Waals surface area contributed by atoms with Crippen LogP contribution in [0.3, 0.4) is 0 Å². The van der Waals surface area contributed by atoms with E-state index in [1.54, 1.807) is 0 Å². The van der Waals surface area contributed by atoms with Gasteiger partial charge in [-0.1, -0.05) is 6.07 Å². The Balaban J connectivity index is 1.51. The van der Waals surface area contributed by atoms with E-state index in [2.05, 4.69) is 50.0 Å². The molecular weight excluding hydrogens is 298 g/mol. The molecule has 3 heterocycles. The maximum Gasteiger partial charge on any atom is 0.132 e. The molecule has 24 heavy (non-hydrogen) atoms. The van der Waals surface area contributed by atoms with Gasteiger partial charge in [0, 0.05) is 62.8 Å². The fraction of sp³-hybridized carbons (Fsp3) is 0.526. The van der Waals surface area contributed by atoms with Gasteiger partial charge in [0.25, 0.3) is 0 Å². The SMILES string of the molecule is Cc1cc(N(C)C2CCN(CCc3ccccn3)CC2)nc(C)n1. The number of anilines is 1. The minimum absolute atomic E-state index is 0.560. The topological polar surface area (TPSA) is 45.2 Å². The molecule has 1 aliphatic rings. The molecule has 0 aliphatic carbocycles. The number of piperidine rings is 1. The molecule has 0 spiro atoms. The first kappa shape index (κ1) is 16.8. The minimum Gasteiger partial charge on any atom is -0.356 e. The van der Waals surface area contributed by atoms with Gasteiger partial charge in [0.05, 0.1) is 0 Å². The van der Waals surface area contributed by atoms with Crippen molar-refractivity contribution in [3.63, 3.8) is 0 Å². The summed E-state index contributed by atoms with van der Waals surface area (Å²) in [5.41, 5.74) is 2.22. The molecule has 5 nitrogen and oxygen atoms in total. The van der Waals surface area contributed by atoms with Gasteiger partial charge in [-0.15, -0.1) is 0 Å². The van der Waals surface area contributed by atoms with Crippen LogP contribution in [0, 0.1) is 13.8 Å². The quantitative estimate of drug-likeness (QED) is 0.845. The molecular formula is C19H27N5. The lowest BCUT2D eigenvalue weighted by Gasteiger charge is -2.37. The molecule has 0 saturated carbocycles. The normalized spacial score (nSPS) is 16.3. The smallest absolute Gasteiger partial charge is 0.132 e. The highest BCUT2D eigenvalue weighted by Crippen LogP contribution is 2.21. The second-order valence-electron chi connectivity index (χ2n) is 6.67. The van der Waals surface area contributed by atoms with E-state index in [-0.39, 0.29) is 0 Å². The van der Waals surface area contributed by atoms with E-state index in [0.29, 0.717) is 6.04 Å². The number of hydrogen-bond acceptors (Lipinski definition) is 5. The predicted molar refractivity (Wildman–Crippen MR) is 97.3 cm³/mol. The minimum atomic E-state index is 0.560. The molecule has 1 aliphatic heterocycles. The summed E-state index contributed by atoms with van der Waals surface area (Å²) in [7, 11) is 2.16. The van der Waals surface area contributed by atoms with Gasteiger partial charge in [0.2, 0.25) is 0 Å². The molecule has 5 heteroatoms. The van der Waals surface area contributed by atoms with Gasteiger partial charge in [-0.2, -0.15) is 0 Å². The van der Waals surface area contributed by atoms with Crippen molar-refractivity contribution >= 4 is 5.82 Å². The molecule has 128 valence electrons. The summed E-state index contributed by atoms with van der Waals surface area (Å²) < 4.78 is 0. The van der Waals surface area contributed by atoms with Gasteiger partial charge in [-0.05, 0) is 38.8 Å². The Bertz CT molecular complexity index is 630. The largest absolute Gasteiger partial charge is 0.356 e. The fourth-order valence-electron chi connectivity index (χ4n) is 3.41. The highest BCUT2D eigenvalue weighted by molar-refractivity contribution is 5.40. The molecule has 0 amide bonds.